The first-order valence-electron chi connectivity index (χ1n) is 39.4. The normalized spacial score (nSPS) is 46.9. The summed E-state index contributed by atoms with van der Waals surface area (Å²) in [6.07, 6.45) is -13.0. The summed E-state index contributed by atoms with van der Waals surface area (Å²) in [7, 11) is 2.53. The van der Waals surface area contributed by atoms with Crippen LogP contribution in [0.5, 0.6) is 0 Å². The first kappa shape index (κ1) is 84.1. The van der Waals surface area contributed by atoms with Gasteiger partial charge >= 0.3 is 83.6 Å². The molecule has 21 saturated heterocycles. The van der Waals surface area contributed by atoms with E-state index in [9.17, 15) is 103 Å². The molecule has 0 aliphatic carbocycles. The zero-order chi connectivity index (χ0) is 84.0. The molecule has 7 N–H and O–H groups in total. The average molecular weight is 1670 g/mol. The standard InChI is InChI=1S/2C12H16O6.2C11H14O6.2C10H12O6.C9H10O6/c1-12(2,3)18-11(15)4-5-8-9(17-10(5)14)6(13)7(4)16-8;1-2-3-16-11(14)6-7-10-9(18-12(7)15)5(4-13)8(6)17-10;1-2-15-10(13)5-6-9-8(17-11(6)14)4(3-12)7(5)16-9;1-2-3-15-10(13)4-5-8-9(17-11(5)14)6(12)7(4)16-8;1-14-9(12)4-5-8-7(16-10(5)13)3(2-11)6(4)15-8;1-2-14-9(12)3-4-7-8(16-10(4)13)5(11)6(3)15-7;1-13-8(11)2-3-6-7(15-9(3)12)4(10)5(2)14-6/h4-9,13H,1-3H3;5-10,13H,2-4H2,1H3;2*4-9,12H,2-3H2,1H3;2*3-8,11H,2H2,1H3;2-7,10H,1H3. The number of ether oxygens (including phenoxy) is 21. The molecular formula is C75H94O42. The quantitative estimate of drug-likeness (QED) is 0.0558. The summed E-state index contributed by atoms with van der Waals surface area (Å²) in [6.45, 7) is 13.2. The highest BCUT2D eigenvalue weighted by molar-refractivity contribution is 5.91. The summed E-state index contributed by atoms with van der Waals surface area (Å²) >= 11 is 0. The summed E-state index contributed by atoms with van der Waals surface area (Å²) < 4.78 is 109. The van der Waals surface area contributed by atoms with Crippen LogP contribution in [0.15, 0.2) is 0 Å². The number of aliphatic hydroxyl groups is 7. The van der Waals surface area contributed by atoms with E-state index < -0.39 is 312 Å². The molecule has 21 rings (SSSR count). The molecule has 646 valence electrons. The molecule has 21 aliphatic rings. The van der Waals surface area contributed by atoms with Gasteiger partial charge in [-0.25, -0.2) is 0 Å². The Morgan fingerprint density at radius 3 is 0.726 bits per heavy atom. The number of esters is 14. The van der Waals surface area contributed by atoms with Crippen LogP contribution in [0.1, 0.15) is 61.3 Å². The number of hydrogen-bond donors (Lipinski definition) is 7. The molecule has 0 aromatic heterocycles. The third kappa shape index (κ3) is 13.4. The molecule has 14 bridgehead atoms. The van der Waals surface area contributed by atoms with Crippen LogP contribution in [0, 0.1) is 101 Å². The Morgan fingerprint density at radius 2 is 0.496 bits per heavy atom. The second-order valence-electron chi connectivity index (χ2n) is 33.0. The van der Waals surface area contributed by atoms with Crippen LogP contribution in [0.3, 0.4) is 0 Å². The lowest BCUT2D eigenvalue weighted by atomic mass is 9.74. The first-order valence-corrected chi connectivity index (χ1v) is 39.4. The van der Waals surface area contributed by atoms with Gasteiger partial charge < -0.3 is 135 Å². The summed E-state index contributed by atoms with van der Waals surface area (Å²) in [5.41, 5.74) is -0.633. The van der Waals surface area contributed by atoms with Crippen molar-refractivity contribution in [3.8, 4) is 0 Å². The molecule has 42 heteroatoms. The number of carbonyl (C=O) groups is 14. The molecule has 0 spiro atoms. The van der Waals surface area contributed by atoms with Gasteiger partial charge in [-0.1, -0.05) is 13.8 Å². The molecule has 0 aromatic rings. The van der Waals surface area contributed by atoms with E-state index >= 15 is 0 Å². The summed E-state index contributed by atoms with van der Waals surface area (Å²) in [5.74, 6) is -16.2. The van der Waals surface area contributed by atoms with Crippen molar-refractivity contribution >= 4 is 83.6 Å². The second kappa shape index (κ2) is 32.2. The van der Waals surface area contributed by atoms with E-state index in [1.54, 1.807) is 34.6 Å². The van der Waals surface area contributed by atoms with Crippen LogP contribution >= 0.6 is 0 Å². The molecule has 21 heterocycles. The third-order valence-electron chi connectivity index (χ3n) is 25.8. The van der Waals surface area contributed by atoms with Crippen LogP contribution in [0.25, 0.3) is 0 Å². The van der Waals surface area contributed by atoms with Crippen molar-refractivity contribution in [2.75, 3.05) is 60.5 Å². The fourth-order valence-electron chi connectivity index (χ4n) is 21.1. The van der Waals surface area contributed by atoms with Crippen molar-refractivity contribution in [2.45, 2.75) is 220 Å². The van der Waals surface area contributed by atoms with Gasteiger partial charge in [0.15, 0.2) is 24.4 Å². The second-order valence-corrected chi connectivity index (χ2v) is 33.0. The third-order valence-corrected chi connectivity index (χ3v) is 25.8. The van der Waals surface area contributed by atoms with E-state index in [1.165, 1.54) is 14.2 Å². The molecule has 42 atom stereocenters. The maximum Gasteiger partial charge on any atom is 0.313 e. The first-order chi connectivity index (χ1) is 55.8. The summed E-state index contributed by atoms with van der Waals surface area (Å²) in [5, 5.41) is 67.2. The smallest absolute Gasteiger partial charge is 0.313 e. The lowest BCUT2D eigenvalue weighted by Crippen LogP contribution is -2.47. The minimum Gasteiger partial charge on any atom is -0.469 e. The molecule has 0 radical (unpaired) electrons. The van der Waals surface area contributed by atoms with Gasteiger partial charge in [0.05, 0.1) is 96.5 Å². The minimum absolute atomic E-state index is 0.149. The lowest BCUT2D eigenvalue weighted by molar-refractivity contribution is -0.166. The van der Waals surface area contributed by atoms with E-state index in [1.807, 2.05) is 13.8 Å². The summed E-state index contributed by atoms with van der Waals surface area (Å²) in [6, 6.07) is 0. The van der Waals surface area contributed by atoms with E-state index in [4.69, 9.17) is 90.0 Å². The SMILES string of the molecule is CC(C)(C)OC(=O)C1C2OC3C(OC(=O)C31)C2O.CCCOC(=O)C1C2OC3C(OC(=O)C31)C2CO.CCCOC(=O)C1C2OC3C(OC(=O)C31)C2O.CCOC(=O)C1C2OC3C(OC(=O)C31)C2CO.CCOC(=O)C1C2OC3C(OC(=O)C31)C2O.COC(=O)C1C2OC3C(OC(=O)C31)C2CO.COC(=O)C1C2OC3C(OC(=O)C31)C2O. The van der Waals surface area contributed by atoms with Crippen LogP contribution in [-0.2, 0) is 167 Å². The Balaban J connectivity index is 0.000000107. The molecule has 0 amide bonds. The lowest BCUT2D eigenvalue weighted by Gasteiger charge is -2.27. The van der Waals surface area contributed by atoms with Crippen LogP contribution in [0.4, 0.5) is 0 Å². The predicted octanol–water partition coefficient (Wildman–Crippen LogP) is -6.53. The van der Waals surface area contributed by atoms with Crippen molar-refractivity contribution in [3.63, 3.8) is 0 Å². The minimum atomic E-state index is -0.935. The molecule has 0 aromatic carbocycles. The number of fused-ring (bicyclic) bond motifs is 7. The number of methoxy groups -OCH3 is 2. The number of carbonyl (C=O) groups excluding carboxylic acids is 14. The van der Waals surface area contributed by atoms with Gasteiger partial charge in [0.25, 0.3) is 0 Å². The molecule has 0 saturated carbocycles. The maximum atomic E-state index is 12.1. The highest BCUT2D eigenvalue weighted by atomic mass is 16.7. The monoisotopic (exact) mass is 1670 g/mol. The zero-order valence-corrected chi connectivity index (χ0v) is 64.5. The van der Waals surface area contributed by atoms with Crippen molar-refractivity contribution in [3.05, 3.63) is 0 Å². The van der Waals surface area contributed by atoms with Gasteiger partial charge in [-0.15, -0.1) is 0 Å². The Hall–Kier alpha value is -7.98. The Kier molecular flexibility index (Phi) is 23.1. The number of aliphatic hydroxyl groups excluding tert-OH is 7. The van der Waals surface area contributed by atoms with Crippen LogP contribution < -0.4 is 0 Å². The fraction of sp³-hybridized carbons (Fsp3) is 0.813. The van der Waals surface area contributed by atoms with Gasteiger partial charge in [-0.2, -0.15) is 0 Å². The van der Waals surface area contributed by atoms with E-state index in [-0.39, 0.29) is 63.0 Å². The van der Waals surface area contributed by atoms with E-state index in [0.29, 0.717) is 19.6 Å². The van der Waals surface area contributed by atoms with Crippen molar-refractivity contribution in [2.24, 2.45) is 101 Å². The Labute approximate surface area is 664 Å². The van der Waals surface area contributed by atoms with Crippen molar-refractivity contribution in [1.82, 2.24) is 0 Å². The molecule has 42 nitrogen and oxygen atoms in total. The highest BCUT2D eigenvalue weighted by Crippen LogP contribution is 2.58. The molecular weight excluding hydrogens is 1570 g/mol. The maximum absolute atomic E-state index is 12.1. The van der Waals surface area contributed by atoms with Crippen molar-refractivity contribution < 1.29 is 202 Å². The van der Waals surface area contributed by atoms with Gasteiger partial charge in [-0.05, 0) is 47.5 Å². The van der Waals surface area contributed by atoms with Crippen LogP contribution in [-0.4, -0.2) is 338 Å². The number of hydrogen-bond acceptors (Lipinski definition) is 42. The van der Waals surface area contributed by atoms with Gasteiger partial charge in [0.2, 0.25) is 0 Å². The summed E-state index contributed by atoms with van der Waals surface area (Å²) in [4.78, 5) is 164. The van der Waals surface area contributed by atoms with Gasteiger partial charge in [0.1, 0.15) is 181 Å². The van der Waals surface area contributed by atoms with Gasteiger partial charge in [0, 0.05) is 17.8 Å². The van der Waals surface area contributed by atoms with Crippen molar-refractivity contribution in [1.29, 1.82) is 0 Å². The Morgan fingerprint density at radius 1 is 0.291 bits per heavy atom. The molecule has 21 aliphatic heterocycles. The van der Waals surface area contributed by atoms with Gasteiger partial charge in [-0.3, -0.25) is 67.1 Å². The van der Waals surface area contributed by atoms with Crippen LogP contribution in [0.2, 0.25) is 0 Å². The predicted molar refractivity (Wildman–Crippen MR) is 360 cm³/mol. The molecule has 117 heavy (non-hydrogen) atoms. The Bertz CT molecular complexity index is 3950. The topological polar surface area (TPSA) is 574 Å². The largest absolute Gasteiger partial charge is 0.469 e. The fourth-order valence-corrected chi connectivity index (χ4v) is 21.1. The van der Waals surface area contributed by atoms with E-state index in [2.05, 4.69) is 9.47 Å². The molecule has 21 fully saturated rings. The number of rotatable bonds is 16. The molecule has 42 unspecified atom stereocenters. The van der Waals surface area contributed by atoms with E-state index in [0.717, 1.165) is 6.42 Å². The highest BCUT2D eigenvalue weighted by Gasteiger charge is 2.77. The zero-order valence-electron chi connectivity index (χ0n) is 64.5. The average Bonchev–Trinajstić information content (AvgIpc) is 1.54.